The van der Waals surface area contributed by atoms with Gasteiger partial charge in [0.2, 0.25) is 5.43 Å². The van der Waals surface area contributed by atoms with Crippen LogP contribution >= 0.6 is 11.6 Å². The highest BCUT2D eigenvalue weighted by Gasteiger charge is 2.24. The summed E-state index contributed by atoms with van der Waals surface area (Å²) in [6.07, 6.45) is 0.943. The average molecular weight is 398 g/mol. The van der Waals surface area contributed by atoms with Gasteiger partial charge in [-0.25, -0.2) is 4.79 Å². The normalized spacial score (nSPS) is 13.6. The number of aromatic amines is 1. The Kier molecular flexibility index (Phi) is 4.75. The summed E-state index contributed by atoms with van der Waals surface area (Å²) in [5.41, 5.74) is 1.60. The molecule has 0 atom stereocenters. The Morgan fingerprint density at radius 2 is 1.96 bits per heavy atom. The van der Waals surface area contributed by atoms with E-state index in [0.717, 1.165) is 5.56 Å². The van der Waals surface area contributed by atoms with Gasteiger partial charge in [-0.05, 0) is 35.9 Å². The van der Waals surface area contributed by atoms with Gasteiger partial charge in [-0.2, -0.15) is 0 Å². The summed E-state index contributed by atoms with van der Waals surface area (Å²) in [6, 6.07) is 12.1. The molecule has 0 saturated carbocycles. The molecule has 142 valence electrons. The van der Waals surface area contributed by atoms with Crippen molar-refractivity contribution in [3.8, 4) is 0 Å². The second-order valence-electron chi connectivity index (χ2n) is 6.34. The number of anilines is 1. The molecule has 0 bridgehead atoms. The molecule has 0 radical (unpaired) electrons. The third-order valence-electron chi connectivity index (χ3n) is 4.55. The Hall–Kier alpha value is -3.32. The van der Waals surface area contributed by atoms with E-state index in [1.54, 1.807) is 42.5 Å². The third-order valence-corrected chi connectivity index (χ3v) is 4.80. The summed E-state index contributed by atoms with van der Waals surface area (Å²) in [4.78, 5) is 41.5. The fraction of sp³-hybridized carbons (Fsp3) is 0.150. The lowest BCUT2D eigenvalue weighted by Gasteiger charge is -2.13. The fourth-order valence-corrected chi connectivity index (χ4v) is 3.18. The molecule has 0 unspecified atom stereocenters. The first-order valence-corrected chi connectivity index (χ1v) is 9.03. The molecule has 2 aromatic carbocycles. The predicted molar refractivity (Wildman–Crippen MR) is 106 cm³/mol. The highest BCUT2D eigenvalue weighted by Crippen LogP contribution is 2.22. The van der Waals surface area contributed by atoms with Crippen LogP contribution < -0.4 is 15.6 Å². The minimum atomic E-state index is -0.482. The maximum atomic E-state index is 12.8. The maximum Gasteiger partial charge on any atom is 0.414 e. The van der Waals surface area contributed by atoms with Gasteiger partial charge in [0.1, 0.15) is 12.2 Å². The number of pyridine rings is 1. The van der Waals surface area contributed by atoms with Crippen molar-refractivity contribution < 1.29 is 14.3 Å². The van der Waals surface area contributed by atoms with Crippen LogP contribution in [0.5, 0.6) is 0 Å². The van der Waals surface area contributed by atoms with Crippen molar-refractivity contribution >= 4 is 40.2 Å². The molecule has 7 nitrogen and oxygen atoms in total. The Labute approximate surface area is 164 Å². The van der Waals surface area contributed by atoms with Crippen LogP contribution in [-0.2, 0) is 11.3 Å². The molecule has 2 amide bonds. The van der Waals surface area contributed by atoms with Crippen molar-refractivity contribution in [1.82, 2.24) is 10.3 Å². The van der Waals surface area contributed by atoms with Crippen LogP contribution in [0.25, 0.3) is 10.9 Å². The van der Waals surface area contributed by atoms with E-state index in [2.05, 4.69) is 10.3 Å². The number of aromatic nitrogens is 1. The molecular weight excluding hydrogens is 382 g/mol. The lowest BCUT2D eigenvalue weighted by atomic mass is 10.1. The number of carbonyl (C=O) groups is 2. The minimum Gasteiger partial charge on any atom is -0.447 e. The molecule has 0 aliphatic carbocycles. The van der Waals surface area contributed by atoms with Crippen molar-refractivity contribution in [3.05, 3.63) is 75.0 Å². The number of nitrogens with one attached hydrogen (secondary N) is 2. The Balaban J connectivity index is 1.60. The fourth-order valence-electron chi connectivity index (χ4n) is 3.05. The lowest BCUT2D eigenvalue weighted by molar-refractivity contribution is 0.0949. The number of hydrogen-bond donors (Lipinski definition) is 2. The number of H-pyrrole nitrogens is 1. The van der Waals surface area contributed by atoms with E-state index in [0.29, 0.717) is 34.8 Å². The van der Waals surface area contributed by atoms with Gasteiger partial charge < -0.3 is 15.0 Å². The van der Waals surface area contributed by atoms with Crippen LogP contribution in [0.4, 0.5) is 10.5 Å². The standard InChI is InChI=1S/C20H16ClN3O4/c21-13-3-1-12(2-4-13)10-23-19(26)16-11-22-17-6-5-14(9-15(17)18(16)25)24-7-8-28-20(24)27/h1-6,9,11H,7-8,10H2,(H,22,25)(H,23,26). The molecule has 0 spiro atoms. The summed E-state index contributed by atoms with van der Waals surface area (Å²) >= 11 is 5.85. The first-order chi connectivity index (χ1) is 13.5. The van der Waals surface area contributed by atoms with Crippen LogP contribution in [0, 0.1) is 0 Å². The van der Waals surface area contributed by atoms with Gasteiger partial charge in [0.15, 0.2) is 0 Å². The first-order valence-electron chi connectivity index (χ1n) is 8.65. The van der Waals surface area contributed by atoms with E-state index in [1.165, 1.54) is 11.1 Å². The molecule has 1 saturated heterocycles. The molecule has 8 heteroatoms. The molecule has 1 fully saturated rings. The van der Waals surface area contributed by atoms with E-state index in [1.807, 2.05) is 0 Å². The van der Waals surface area contributed by atoms with Crippen LogP contribution in [0.1, 0.15) is 15.9 Å². The van der Waals surface area contributed by atoms with Gasteiger partial charge in [-0.1, -0.05) is 23.7 Å². The van der Waals surface area contributed by atoms with E-state index in [-0.39, 0.29) is 12.1 Å². The van der Waals surface area contributed by atoms with E-state index < -0.39 is 17.4 Å². The molecule has 4 rings (SSSR count). The number of halogens is 1. The number of carbonyl (C=O) groups excluding carboxylic acids is 2. The molecular formula is C20H16ClN3O4. The highest BCUT2D eigenvalue weighted by molar-refractivity contribution is 6.30. The number of fused-ring (bicyclic) bond motifs is 1. The quantitative estimate of drug-likeness (QED) is 0.707. The number of amides is 2. The van der Waals surface area contributed by atoms with Crippen molar-refractivity contribution in [2.45, 2.75) is 6.54 Å². The number of rotatable bonds is 4. The zero-order valence-corrected chi connectivity index (χ0v) is 15.5. The highest BCUT2D eigenvalue weighted by atomic mass is 35.5. The van der Waals surface area contributed by atoms with Crippen molar-refractivity contribution in [3.63, 3.8) is 0 Å². The molecule has 1 aliphatic heterocycles. The van der Waals surface area contributed by atoms with Gasteiger partial charge in [-0.3, -0.25) is 14.5 Å². The van der Waals surface area contributed by atoms with Gasteiger partial charge in [0.05, 0.1) is 6.54 Å². The van der Waals surface area contributed by atoms with Crippen molar-refractivity contribution in [2.75, 3.05) is 18.1 Å². The topological polar surface area (TPSA) is 91.5 Å². The molecule has 28 heavy (non-hydrogen) atoms. The number of benzene rings is 2. The third kappa shape index (κ3) is 3.44. The van der Waals surface area contributed by atoms with Gasteiger partial charge in [0, 0.05) is 34.4 Å². The smallest absolute Gasteiger partial charge is 0.414 e. The summed E-state index contributed by atoms with van der Waals surface area (Å²) in [6.45, 7) is 0.997. The molecule has 3 aromatic rings. The first kappa shape index (κ1) is 18.1. The second-order valence-corrected chi connectivity index (χ2v) is 6.77. The minimum absolute atomic E-state index is 0.00242. The number of cyclic esters (lactones) is 1. The summed E-state index contributed by atoms with van der Waals surface area (Å²) < 4.78 is 4.93. The Morgan fingerprint density at radius 3 is 2.68 bits per heavy atom. The van der Waals surface area contributed by atoms with Gasteiger partial charge >= 0.3 is 6.09 Å². The monoisotopic (exact) mass is 397 g/mol. The summed E-state index contributed by atoms with van der Waals surface area (Å²) in [5.74, 6) is -0.482. The number of nitrogens with zero attached hydrogens (tertiary/aromatic N) is 1. The van der Waals surface area contributed by atoms with E-state index in [4.69, 9.17) is 16.3 Å². The average Bonchev–Trinajstić information content (AvgIpc) is 3.13. The molecule has 2 heterocycles. The van der Waals surface area contributed by atoms with Gasteiger partial charge in [0.25, 0.3) is 5.91 Å². The maximum absolute atomic E-state index is 12.8. The molecule has 1 aromatic heterocycles. The zero-order valence-electron chi connectivity index (χ0n) is 14.7. The second kappa shape index (κ2) is 7.36. The summed E-state index contributed by atoms with van der Waals surface area (Å²) in [5, 5.41) is 3.67. The summed E-state index contributed by atoms with van der Waals surface area (Å²) in [7, 11) is 0. The molecule has 1 aliphatic rings. The van der Waals surface area contributed by atoms with Crippen molar-refractivity contribution in [2.24, 2.45) is 0 Å². The van der Waals surface area contributed by atoms with Crippen molar-refractivity contribution in [1.29, 1.82) is 0 Å². The van der Waals surface area contributed by atoms with Crippen LogP contribution in [0.2, 0.25) is 5.02 Å². The zero-order chi connectivity index (χ0) is 19.7. The van der Waals surface area contributed by atoms with E-state index in [9.17, 15) is 14.4 Å². The molecule has 2 N–H and O–H groups in total. The van der Waals surface area contributed by atoms with Crippen LogP contribution in [0.15, 0.2) is 53.5 Å². The van der Waals surface area contributed by atoms with Gasteiger partial charge in [-0.15, -0.1) is 0 Å². The SMILES string of the molecule is O=C(NCc1ccc(Cl)cc1)c1c[nH]c2ccc(N3CCOC3=O)cc2c1=O. The number of hydrogen-bond acceptors (Lipinski definition) is 4. The largest absolute Gasteiger partial charge is 0.447 e. The Morgan fingerprint density at radius 1 is 1.18 bits per heavy atom. The van der Waals surface area contributed by atoms with Crippen LogP contribution in [-0.4, -0.2) is 30.1 Å². The Bertz CT molecular complexity index is 1120. The predicted octanol–water partition coefficient (Wildman–Crippen LogP) is 3.07. The van der Waals surface area contributed by atoms with Crippen LogP contribution in [0.3, 0.4) is 0 Å². The van der Waals surface area contributed by atoms with E-state index >= 15 is 0 Å². The lowest BCUT2D eigenvalue weighted by Crippen LogP contribution is -2.28. The number of ether oxygens (including phenoxy) is 1.